The van der Waals surface area contributed by atoms with Gasteiger partial charge in [-0.15, -0.1) is 12.4 Å². The van der Waals surface area contributed by atoms with E-state index in [-0.39, 0.29) is 18.3 Å². The zero-order valence-electron chi connectivity index (χ0n) is 12.8. The van der Waals surface area contributed by atoms with Gasteiger partial charge in [0.25, 0.3) is 0 Å². The van der Waals surface area contributed by atoms with Crippen molar-refractivity contribution in [1.29, 1.82) is 0 Å². The molecule has 0 bridgehead atoms. The van der Waals surface area contributed by atoms with Gasteiger partial charge >= 0.3 is 0 Å². The topological polar surface area (TPSA) is 32.3 Å². The number of carbonyl (C=O) groups excluding carboxylic acids is 1. The van der Waals surface area contributed by atoms with E-state index in [1.807, 2.05) is 29.2 Å². The predicted molar refractivity (Wildman–Crippen MR) is 95.4 cm³/mol. The van der Waals surface area contributed by atoms with Crippen LogP contribution in [-0.2, 0) is 11.2 Å². The molecule has 1 saturated heterocycles. The standard InChI is InChI=1S/C17H23BrN2O.ClH/c18-15-3-1-2-14(10-15)11-17(21)20-8-6-16(7-9-20)19-12-13-4-5-13;/h1-3,10,13,16,19H,4-9,11-12H2;1H. The van der Waals surface area contributed by atoms with E-state index >= 15 is 0 Å². The molecule has 1 saturated carbocycles. The Kier molecular flexibility index (Phi) is 6.72. The fourth-order valence-corrected chi connectivity index (χ4v) is 3.37. The summed E-state index contributed by atoms with van der Waals surface area (Å²) >= 11 is 3.46. The molecule has 3 nitrogen and oxygen atoms in total. The minimum absolute atomic E-state index is 0. The summed E-state index contributed by atoms with van der Waals surface area (Å²) in [6.07, 6.45) is 5.50. The van der Waals surface area contributed by atoms with Gasteiger partial charge in [-0.3, -0.25) is 4.79 Å². The average Bonchev–Trinajstić information content (AvgIpc) is 3.30. The van der Waals surface area contributed by atoms with Crippen molar-refractivity contribution < 1.29 is 4.79 Å². The lowest BCUT2D eigenvalue weighted by atomic mass is 10.0. The SMILES string of the molecule is Cl.O=C(Cc1cccc(Br)c1)N1CCC(NCC2CC2)CC1. The second-order valence-electron chi connectivity index (χ2n) is 6.31. The van der Waals surface area contributed by atoms with Crippen molar-refractivity contribution >= 4 is 34.2 Å². The van der Waals surface area contributed by atoms with Crippen LogP contribution in [0.25, 0.3) is 0 Å². The Labute approximate surface area is 147 Å². The number of nitrogens with one attached hydrogen (secondary N) is 1. The summed E-state index contributed by atoms with van der Waals surface area (Å²) in [5, 5.41) is 3.66. The highest BCUT2D eigenvalue weighted by molar-refractivity contribution is 9.10. The van der Waals surface area contributed by atoms with Crippen LogP contribution >= 0.6 is 28.3 Å². The third-order valence-corrected chi connectivity index (χ3v) is 4.98. The zero-order valence-corrected chi connectivity index (χ0v) is 15.2. The molecule has 0 atom stereocenters. The summed E-state index contributed by atoms with van der Waals surface area (Å²) < 4.78 is 1.04. The van der Waals surface area contributed by atoms with Gasteiger partial charge in [0.15, 0.2) is 0 Å². The van der Waals surface area contributed by atoms with Gasteiger partial charge in [-0.25, -0.2) is 0 Å². The Bertz CT molecular complexity index is 499. The molecule has 1 amide bonds. The van der Waals surface area contributed by atoms with E-state index < -0.39 is 0 Å². The van der Waals surface area contributed by atoms with Crippen LogP contribution in [-0.4, -0.2) is 36.5 Å². The van der Waals surface area contributed by atoms with Crippen LogP contribution in [0.2, 0.25) is 0 Å². The summed E-state index contributed by atoms with van der Waals surface area (Å²) in [5.74, 6) is 1.19. The minimum atomic E-state index is 0. The van der Waals surface area contributed by atoms with Crippen molar-refractivity contribution in [3.8, 4) is 0 Å². The van der Waals surface area contributed by atoms with Crippen molar-refractivity contribution in [3.05, 3.63) is 34.3 Å². The third-order valence-electron chi connectivity index (χ3n) is 4.48. The van der Waals surface area contributed by atoms with Gasteiger partial charge in [-0.05, 0) is 55.8 Å². The number of amides is 1. The molecule has 1 heterocycles. The molecule has 22 heavy (non-hydrogen) atoms. The van der Waals surface area contributed by atoms with Gasteiger partial charge in [0, 0.05) is 23.6 Å². The van der Waals surface area contributed by atoms with Crippen LogP contribution in [0.15, 0.2) is 28.7 Å². The molecule has 0 unspecified atom stereocenters. The molecular weight excluding hydrogens is 364 g/mol. The maximum atomic E-state index is 12.4. The Hall–Kier alpha value is -0.580. The first kappa shape index (κ1) is 17.8. The first-order chi connectivity index (χ1) is 10.2. The van der Waals surface area contributed by atoms with Crippen LogP contribution in [0.5, 0.6) is 0 Å². The Morgan fingerprint density at radius 1 is 1.23 bits per heavy atom. The summed E-state index contributed by atoms with van der Waals surface area (Å²) in [5.41, 5.74) is 1.09. The molecule has 0 aromatic heterocycles. The highest BCUT2D eigenvalue weighted by atomic mass is 79.9. The van der Waals surface area contributed by atoms with Crippen LogP contribution in [0.1, 0.15) is 31.2 Å². The average molecular weight is 388 g/mol. The van der Waals surface area contributed by atoms with Crippen molar-refractivity contribution in [2.45, 2.75) is 38.1 Å². The summed E-state index contributed by atoms with van der Waals surface area (Å²) in [6.45, 7) is 2.97. The summed E-state index contributed by atoms with van der Waals surface area (Å²) in [6, 6.07) is 8.64. The molecule has 5 heteroatoms. The number of piperidine rings is 1. The number of hydrogen-bond donors (Lipinski definition) is 1. The van der Waals surface area contributed by atoms with E-state index in [0.29, 0.717) is 12.5 Å². The van der Waals surface area contributed by atoms with Crippen LogP contribution in [0.4, 0.5) is 0 Å². The number of likely N-dealkylation sites (tertiary alicyclic amines) is 1. The molecule has 0 radical (unpaired) electrons. The fourth-order valence-electron chi connectivity index (χ4n) is 2.92. The van der Waals surface area contributed by atoms with Crippen molar-refractivity contribution in [2.75, 3.05) is 19.6 Å². The number of halogens is 2. The molecule has 2 aliphatic rings. The van der Waals surface area contributed by atoms with E-state index in [2.05, 4.69) is 21.2 Å². The molecule has 3 rings (SSSR count). The van der Waals surface area contributed by atoms with Crippen LogP contribution in [0.3, 0.4) is 0 Å². The highest BCUT2D eigenvalue weighted by Crippen LogP contribution is 2.28. The first-order valence-corrected chi connectivity index (χ1v) is 8.75. The van der Waals surface area contributed by atoms with E-state index in [1.54, 1.807) is 0 Å². The maximum Gasteiger partial charge on any atom is 0.226 e. The van der Waals surface area contributed by atoms with E-state index in [0.717, 1.165) is 41.9 Å². The number of benzene rings is 1. The normalized spacial score (nSPS) is 18.9. The maximum absolute atomic E-state index is 12.4. The van der Waals surface area contributed by atoms with E-state index in [4.69, 9.17) is 0 Å². The Balaban J connectivity index is 0.00000176. The van der Waals surface area contributed by atoms with Gasteiger partial charge in [-0.2, -0.15) is 0 Å². The molecule has 1 N–H and O–H groups in total. The zero-order chi connectivity index (χ0) is 14.7. The largest absolute Gasteiger partial charge is 0.342 e. The van der Waals surface area contributed by atoms with Crippen LogP contribution < -0.4 is 5.32 Å². The van der Waals surface area contributed by atoms with Crippen molar-refractivity contribution in [2.24, 2.45) is 5.92 Å². The van der Waals surface area contributed by atoms with Gasteiger partial charge in [0.05, 0.1) is 6.42 Å². The monoisotopic (exact) mass is 386 g/mol. The molecule has 0 spiro atoms. The molecule has 2 fully saturated rings. The first-order valence-electron chi connectivity index (χ1n) is 7.96. The van der Waals surface area contributed by atoms with Gasteiger partial charge in [0.2, 0.25) is 5.91 Å². The predicted octanol–water partition coefficient (Wildman–Crippen LogP) is 3.40. The number of rotatable bonds is 5. The lowest BCUT2D eigenvalue weighted by Crippen LogP contribution is -2.45. The quantitative estimate of drug-likeness (QED) is 0.840. The van der Waals surface area contributed by atoms with Gasteiger partial charge < -0.3 is 10.2 Å². The highest BCUT2D eigenvalue weighted by Gasteiger charge is 2.25. The number of hydrogen-bond acceptors (Lipinski definition) is 2. The minimum Gasteiger partial charge on any atom is -0.342 e. The molecule has 122 valence electrons. The molecule has 1 aliphatic heterocycles. The Morgan fingerprint density at radius 3 is 2.59 bits per heavy atom. The summed E-state index contributed by atoms with van der Waals surface area (Å²) in [4.78, 5) is 14.4. The molecule has 1 aliphatic carbocycles. The second kappa shape index (κ2) is 8.32. The van der Waals surface area contributed by atoms with E-state index in [9.17, 15) is 4.79 Å². The van der Waals surface area contributed by atoms with Crippen LogP contribution in [0, 0.1) is 5.92 Å². The lowest BCUT2D eigenvalue weighted by Gasteiger charge is -2.32. The number of nitrogens with zero attached hydrogens (tertiary/aromatic N) is 1. The van der Waals surface area contributed by atoms with Crippen molar-refractivity contribution in [3.63, 3.8) is 0 Å². The third kappa shape index (κ3) is 5.25. The van der Waals surface area contributed by atoms with Gasteiger partial charge in [-0.1, -0.05) is 28.1 Å². The van der Waals surface area contributed by atoms with E-state index in [1.165, 1.54) is 19.4 Å². The molecular formula is C17H24BrClN2O. The second-order valence-corrected chi connectivity index (χ2v) is 7.23. The van der Waals surface area contributed by atoms with Gasteiger partial charge in [0.1, 0.15) is 0 Å². The lowest BCUT2D eigenvalue weighted by molar-refractivity contribution is -0.131. The smallest absolute Gasteiger partial charge is 0.226 e. The Morgan fingerprint density at radius 2 is 1.95 bits per heavy atom. The van der Waals surface area contributed by atoms with Crippen molar-refractivity contribution in [1.82, 2.24) is 10.2 Å². The molecule has 1 aromatic carbocycles. The molecule has 1 aromatic rings. The summed E-state index contributed by atoms with van der Waals surface area (Å²) in [7, 11) is 0. The fraction of sp³-hybridized carbons (Fsp3) is 0.588. The number of carbonyl (C=O) groups is 1.